The number of esters is 1. The molecule has 0 atom stereocenters. The number of benzene rings is 2. The number of nitriles is 1. The van der Waals surface area contributed by atoms with Crippen molar-refractivity contribution < 1.29 is 17.9 Å². The second-order valence-electron chi connectivity index (χ2n) is 9.23. The van der Waals surface area contributed by atoms with Gasteiger partial charge in [-0.15, -0.1) is 0 Å². The molecule has 3 rings (SSSR count). The molecule has 8 heteroatoms. The first-order valence-electron chi connectivity index (χ1n) is 12.0. The third-order valence-electron chi connectivity index (χ3n) is 7.52. The van der Waals surface area contributed by atoms with E-state index in [9.17, 15) is 18.5 Å². The average Bonchev–Trinajstić information content (AvgIpc) is 3.32. The highest BCUT2D eigenvalue weighted by Gasteiger charge is 2.40. The maximum Gasteiger partial charge on any atom is 0.338 e. The van der Waals surface area contributed by atoms with Crippen LogP contribution in [0.15, 0.2) is 47.4 Å². The molecule has 2 aromatic carbocycles. The standard InChI is InChI=1S/C27H34N2O4SSi/c1-7-35(8-2,9-3)25-15-21(14-20(5)16-28)23-17-29(18-24(23)26(25)27(30)33-6)34(31,32)22-12-10-19(4)11-13-22/h10-13,15H,5,7-9,14,17-18H2,1-4,6H3. The number of hydrogen-bond donors (Lipinski definition) is 0. The molecule has 0 aliphatic carbocycles. The zero-order chi connectivity index (χ0) is 26.0. The van der Waals surface area contributed by atoms with Crippen molar-refractivity contribution in [2.75, 3.05) is 7.11 Å². The Kier molecular flexibility index (Phi) is 8.05. The lowest BCUT2D eigenvalue weighted by atomic mass is 9.94. The van der Waals surface area contributed by atoms with Gasteiger partial charge >= 0.3 is 5.97 Å². The monoisotopic (exact) mass is 510 g/mol. The van der Waals surface area contributed by atoms with Crippen molar-refractivity contribution in [1.29, 1.82) is 5.26 Å². The number of fused-ring (bicyclic) bond motifs is 1. The first kappa shape index (κ1) is 26.9. The van der Waals surface area contributed by atoms with E-state index in [-0.39, 0.29) is 18.0 Å². The lowest BCUT2D eigenvalue weighted by molar-refractivity contribution is 0.0600. The van der Waals surface area contributed by atoms with Gasteiger partial charge in [-0.2, -0.15) is 9.57 Å². The third-order valence-corrected chi connectivity index (χ3v) is 14.9. The molecule has 1 aliphatic rings. The molecule has 35 heavy (non-hydrogen) atoms. The molecule has 0 saturated heterocycles. The van der Waals surface area contributed by atoms with Crippen LogP contribution >= 0.6 is 0 Å². The van der Waals surface area contributed by atoms with Crippen LogP contribution in [0.5, 0.6) is 0 Å². The topological polar surface area (TPSA) is 87.5 Å². The van der Waals surface area contributed by atoms with Crippen molar-refractivity contribution in [3.63, 3.8) is 0 Å². The third kappa shape index (κ3) is 4.86. The van der Waals surface area contributed by atoms with Gasteiger partial charge in [-0.1, -0.05) is 69.2 Å². The molecule has 2 aromatic rings. The number of aryl methyl sites for hydroxylation is 1. The Balaban J connectivity index is 2.27. The molecular weight excluding hydrogens is 476 g/mol. The van der Waals surface area contributed by atoms with Crippen LogP contribution < -0.4 is 5.19 Å². The second kappa shape index (κ2) is 10.5. The van der Waals surface area contributed by atoms with Gasteiger partial charge in [0.15, 0.2) is 0 Å². The van der Waals surface area contributed by atoms with Gasteiger partial charge in [-0.3, -0.25) is 0 Å². The number of rotatable bonds is 9. The summed E-state index contributed by atoms with van der Waals surface area (Å²) in [6.45, 7) is 12.5. The quantitative estimate of drug-likeness (QED) is 0.274. The highest BCUT2D eigenvalue weighted by atomic mass is 32.2. The molecule has 0 fully saturated rings. The van der Waals surface area contributed by atoms with Crippen molar-refractivity contribution in [2.24, 2.45) is 0 Å². The van der Waals surface area contributed by atoms with Gasteiger partial charge in [0.05, 0.1) is 31.7 Å². The Bertz CT molecular complexity index is 1280. The fourth-order valence-electron chi connectivity index (χ4n) is 5.15. The van der Waals surface area contributed by atoms with Crippen LogP contribution in [-0.2, 0) is 34.3 Å². The van der Waals surface area contributed by atoms with Crippen molar-refractivity contribution >= 4 is 29.3 Å². The molecular formula is C27H34N2O4SSi. The van der Waals surface area contributed by atoms with Crippen LogP contribution in [0.3, 0.4) is 0 Å². The molecule has 6 nitrogen and oxygen atoms in total. The minimum absolute atomic E-state index is 0.0947. The van der Waals surface area contributed by atoms with Gasteiger partial charge in [0, 0.05) is 25.1 Å². The summed E-state index contributed by atoms with van der Waals surface area (Å²) in [5, 5.41) is 10.4. The Morgan fingerprint density at radius 2 is 1.69 bits per heavy atom. The highest BCUT2D eigenvalue weighted by Crippen LogP contribution is 2.36. The molecule has 186 valence electrons. The zero-order valence-corrected chi connectivity index (χ0v) is 23.1. The molecule has 1 aliphatic heterocycles. The van der Waals surface area contributed by atoms with Crippen LogP contribution in [0.25, 0.3) is 0 Å². The van der Waals surface area contributed by atoms with Gasteiger partial charge < -0.3 is 4.74 Å². The number of sulfonamides is 1. The first-order chi connectivity index (χ1) is 16.6. The summed E-state index contributed by atoms with van der Waals surface area (Å²) in [7, 11) is -4.49. The number of ether oxygens (including phenoxy) is 1. The number of allylic oxidation sites excluding steroid dienone is 1. The van der Waals surface area contributed by atoms with Crippen molar-refractivity contribution in [3.05, 3.63) is 70.3 Å². The highest BCUT2D eigenvalue weighted by molar-refractivity contribution is 7.89. The van der Waals surface area contributed by atoms with Crippen LogP contribution in [-0.4, -0.2) is 33.9 Å². The van der Waals surface area contributed by atoms with E-state index < -0.39 is 24.1 Å². The summed E-state index contributed by atoms with van der Waals surface area (Å²) in [6.07, 6.45) is 0.327. The van der Waals surface area contributed by atoms with Crippen molar-refractivity contribution in [2.45, 2.75) is 70.2 Å². The number of carbonyl (C=O) groups is 1. The largest absolute Gasteiger partial charge is 0.465 e. The van der Waals surface area contributed by atoms with E-state index in [1.54, 1.807) is 24.3 Å². The Hall–Kier alpha value is -2.73. The van der Waals surface area contributed by atoms with Crippen molar-refractivity contribution in [1.82, 2.24) is 4.31 Å². The maximum atomic E-state index is 13.6. The number of nitrogens with zero attached hydrogens (tertiary/aromatic N) is 2. The van der Waals surface area contributed by atoms with E-state index in [2.05, 4.69) is 39.5 Å². The molecule has 1 heterocycles. The molecule has 0 unspecified atom stereocenters. The van der Waals surface area contributed by atoms with E-state index in [1.165, 1.54) is 11.4 Å². The van der Waals surface area contributed by atoms with Gasteiger partial charge in [-0.05, 0) is 40.9 Å². The van der Waals surface area contributed by atoms with E-state index in [1.807, 2.05) is 6.92 Å². The fraction of sp³-hybridized carbons (Fsp3) is 0.407. The zero-order valence-electron chi connectivity index (χ0n) is 21.3. The molecule has 0 saturated carbocycles. The smallest absolute Gasteiger partial charge is 0.338 e. The lowest BCUT2D eigenvalue weighted by Crippen LogP contribution is -2.49. The molecule has 0 aromatic heterocycles. The van der Waals surface area contributed by atoms with E-state index in [0.29, 0.717) is 23.1 Å². The molecule has 0 radical (unpaired) electrons. The molecule has 0 N–H and O–H groups in total. The summed E-state index contributed by atoms with van der Waals surface area (Å²) in [4.78, 5) is 13.4. The van der Waals surface area contributed by atoms with Crippen LogP contribution in [0.2, 0.25) is 18.1 Å². The SMILES string of the molecule is C=C(C#N)Cc1cc([Si](CC)(CC)CC)c(C(=O)OC)c2c1CN(S(=O)(=O)c1ccc(C)cc1)C2. The Morgan fingerprint density at radius 3 is 2.20 bits per heavy atom. The maximum absolute atomic E-state index is 13.6. The predicted octanol–water partition coefficient (Wildman–Crippen LogP) is 4.82. The minimum atomic E-state index is -3.78. The van der Waals surface area contributed by atoms with E-state index >= 15 is 0 Å². The summed E-state index contributed by atoms with van der Waals surface area (Å²) in [5.41, 5.74) is 4.27. The van der Waals surface area contributed by atoms with Crippen molar-refractivity contribution in [3.8, 4) is 6.07 Å². The second-order valence-corrected chi connectivity index (χ2v) is 16.4. The van der Waals surface area contributed by atoms with Crippen LogP contribution in [0.4, 0.5) is 0 Å². The summed E-state index contributed by atoms with van der Waals surface area (Å²) >= 11 is 0. The average molecular weight is 511 g/mol. The Labute approximate surface area is 210 Å². The molecule has 0 spiro atoms. The van der Waals surface area contributed by atoms with E-state index in [4.69, 9.17) is 4.74 Å². The molecule has 0 amide bonds. The van der Waals surface area contributed by atoms with Gasteiger partial charge in [-0.25, -0.2) is 13.2 Å². The van der Waals surface area contributed by atoms with E-state index in [0.717, 1.165) is 40.0 Å². The Morgan fingerprint density at radius 1 is 1.11 bits per heavy atom. The predicted molar refractivity (Wildman–Crippen MR) is 141 cm³/mol. The van der Waals surface area contributed by atoms with Gasteiger partial charge in [0.25, 0.3) is 0 Å². The number of methoxy groups -OCH3 is 1. The number of carbonyl (C=O) groups excluding carboxylic acids is 1. The van der Waals surface area contributed by atoms with Crippen LogP contribution in [0.1, 0.15) is 53.4 Å². The van der Waals surface area contributed by atoms with Crippen LogP contribution in [0, 0.1) is 18.3 Å². The minimum Gasteiger partial charge on any atom is -0.465 e. The lowest BCUT2D eigenvalue weighted by Gasteiger charge is -2.32. The summed E-state index contributed by atoms with van der Waals surface area (Å²) in [5.74, 6) is -0.427. The first-order valence-corrected chi connectivity index (χ1v) is 16.1. The number of hydrogen-bond acceptors (Lipinski definition) is 5. The fourth-order valence-corrected chi connectivity index (χ4v) is 10.4. The molecule has 0 bridgehead atoms. The van der Waals surface area contributed by atoms with Gasteiger partial charge in [0.1, 0.15) is 0 Å². The summed E-state index contributed by atoms with van der Waals surface area (Å²) < 4.78 is 33.8. The van der Waals surface area contributed by atoms with Gasteiger partial charge in [0.2, 0.25) is 10.0 Å². The summed E-state index contributed by atoms with van der Waals surface area (Å²) in [6, 6.07) is 13.8. The normalized spacial score (nSPS) is 13.8.